The fourth-order valence-electron chi connectivity index (χ4n) is 9.99. The van der Waals surface area contributed by atoms with Gasteiger partial charge in [-0.2, -0.15) is 0 Å². The van der Waals surface area contributed by atoms with E-state index in [1.807, 2.05) is 12.3 Å². The average molecular weight is 723 g/mol. The molecule has 1 aliphatic carbocycles. The molecule has 1 aliphatic rings. The van der Waals surface area contributed by atoms with E-state index in [-0.39, 0.29) is 0 Å². The topological polar surface area (TPSA) is 25.8 Å². The van der Waals surface area contributed by atoms with Crippen LogP contribution in [0, 0.1) is 0 Å². The van der Waals surface area contributed by atoms with Gasteiger partial charge in [0.1, 0.15) is 0 Å². The maximum Gasteiger partial charge on any atom is 0.0972 e. The number of hydrogen-bond acceptors (Lipinski definition) is 2. The second-order valence-corrected chi connectivity index (χ2v) is 15.2. The van der Waals surface area contributed by atoms with E-state index < -0.39 is 5.41 Å². The van der Waals surface area contributed by atoms with Gasteiger partial charge in [-0.3, -0.25) is 4.98 Å². The number of pyridine rings is 2. The minimum absolute atomic E-state index is 0.451. The standard InChI is InChI=1S/C55H34N2/c1-3-15-38(16-4-1)55(39-17-5-2-6-18-39)48-26-10-9-21-46(48)52-49(55)31-29-37-34-47(43-19-7-8-20-45(43)51(37)52)42-24-11-23-41-40(42)22-12-25-44(41)50-32-30-36-28-27-35-14-13-33-56-53(35)54(36)57-50/h1-34H. The number of rotatable bonds is 4. The van der Waals surface area contributed by atoms with Crippen molar-refractivity contribution < 1.29 is 0 Å². The van der Waals surface area contributed by atoms with E-state index in [4.69, 9.17) is 9.97 Å². The molecule has 0 unspecified atom stereocenters. The van der Waals surface area contributed by atoms with Crippen molar-refractivity contribution in [1.29, 1.82) is 0 Å². The second-order valence-electron chi connectivity index (χ2n) is 15.2. The fourth-order valence-corrected chi connectivity index (χ4v) is 9.99. The summed E-state index contributed by atoms with van der Waals surface area (Å²) in [7, 11) is 0. The van der Waals surface area contributed by atoms with Crippen molar-refractivity contribution in [2.75, 3.05) is 0 Å². The summed E-state index contributed by atoms with van der Waals surface area (Å²) in [5.41, 5.74) is 13.7. The molecule has 0 fully saturated rings. The van der Waals surface area contributed by atoms with Crippen molar-refractivity contribution in [3.8, 4) is 33.5 Å². The van der Waals surface area contributed by atoms with Crippen molar-refractivity contribution in [2.45, 2.75) is 5.41 Å². The van der Waals surface area contributed by atoms with Gasteiger partial charge < -0.3 is 0 Å². The molecule has 2 heterocycles. The second kappa shape index (κ2) is 12.3. The Balaban J connectivity index is 1.11. The molecule has 2 heteroatoms. The van der Waals surface area contributed by atoms with Gasteiger partial charge in [-0.15, -0.1) is 0 Å². The maximum absolute atomic E-state index is 5.26. The van der Waals surface area contributed by atoms with Gasteiger partial charge in [0.25, 0.3) is 0 Å². The highest BCUT2D eigenvalue weighted by atomic mass is 14.8. The van der Waals surface area contributed by atoms with Crippen molar-refractivity contribution in [2.24, 2.45) is 0 Å². The molecule has 2 aromatic heterocycles. The van der Waals surface area contributed by atoms with E-state index in [0.29, 0.717) is 0 Å². The monoisotopic (exact) mass is 722 g/mol. The van der Waals surface area contributed by atoms with Crippen LogP contribution in [0.15, 0.2) is 206 Å². The van der Waals surface area contributed by atoms with Crippen LogP contribution in [0.2, 0.25) is 0 Å². The molecular formula is C55H34N2. The van der Waals surface area contributed by atoms with Gasteiger partial charge in [0.2, 0.25) is 0 Å². The predicted octanol–water partition coefficient (Wildman–Crippen LogP) is 13.9. The lowest BCUT2D eigenvalue weighted by Crippen LogP contribution is -2.28. The highest BCUT2D eigenvalue weighted by Gasteiger charge is 2.46. The van der Waals surface area contributed by atoms with Gasteiger partial charge in [0.15, 0.2) is 0 Å². The molecule has 0 N–H and O–H groups in total. The van der Waals surface area contributed by atoms with Gasteiger partial charge in [-0.05, 0) is 95.0 Å². The summed E-state index contributed by atoms with van der Waals surface area (Å²) >= 11 is 0. The van der Waals surface area contributed by atoms with Crippen LogP contribution in [0.25, 0.3) is 87.6 Å². The lowest BCUT2D eigenvalue weighted by molar-refractivity contribution is 0.769. The highest BCUT2D eigenvalue weighted by Crippen LogP contribution is 2.58. The maximum atomic E-state index is 5.26. The van der Waals surface area contributed by atoms with Gasteiger partial charge in [0, 0.05) is 22.5 Å². The molecule has 2 nitrogen and oxygen atoms in total. The Bertz CT molecular complexity index is 3360. The molecule has 0 saturated heterocycles. The van der Waals surface area contributed by atoms with Crippen molar-refractivity contribution in [1.82, 2.24) is 9.97 Å². The Morgan fingerprint density at radius 3 is 1.72 bits per heavy atom. The molecular weight excluding hydrogens is 689 g/mol. The summed E-state index contributed by atoms with van der Waals surface area (Å²) in [4.78, 5) is 9.99. The Hall–Kier alpha value is -7.42. The Labute approximate surface area is 330 Å². The van der Waals surface area contributed by atoms with E-state index in [0.717, 1.165) is 33.1 Å². The molecule has 0 atom stereocenters. The third kappa shape index (κ3) is 4.53. The largest absolute Gasteiger partial charge is 0.254 e. The molecule has 9 aromatic carbocycles. The van der Waals surface area contributed by atoms with E-state index in [1.165, 1.54) is 76.8 Å². The number of hydrogen-bond donors (Lipinski definition) is 0. The van der Waals surface area contributed by atoms with Crippen molar-refractivity contribution in [3.63, 3.8) is 0 Å². The number of aromatic nitrogens is 2. The first kappa shape index (κ1) is 31.9. The van der Waals surface area contributed by atoms with Crippen molar-refractivity contribution >= 4 is 54.1 Å². The van der Waals surface area contributed by atoms with E-state index in [2.05, 4.69) is 194 Å². The van der Waals surface area contributed by atoms with Gasteiger partial charge in [-0.1, -0.05) is 182 Å². The smallest absolute Gasteiger partial charge is 0.0972 e. The molecule has 0 spiro atoms. The fraction of sp³-hybridized carbons (Fsp3) is 0.0182. The molecule has 0 radical (unpaired) electrons. The zero-order valence-corrected chi connectivity index (χ0v) is 31.0. The number of nitrogens with zero attached hydrogens (tertiary/aromatic N) is 2. The third-order valence-corrected chi connectivity index (χ3v) is 12.4. The van der Waals surface area contributed by atoms with Crippen LogP contribution in [0.5, 0.6) is 0 Å². The van der Waals surface area contributed by atoms with E-state index in [1.54, 1.807) is 0 Å². The zero-order valence-electron chi connectivity index (χ0n) is 31.0. The Kier molecular flexibility index (Phi) is 6.88. The van der Waals surface area contributed by atoms with Gasteiger partial charge in [0.05, 0.1) is 22.1 Å². The summed E-state index contributed by atoms with van der Waals surface area (Å²) in [5, 5.41) is 9.61. The first-order valence-corrected chi connectivity index (χ1v) is 19.7. The van der Waals surface area contributed by atoms with Gasteiger partial charge in [-0.25, -0.2) is 4.98 Å². The first-order chi connectivity index (χ1) is 28.3. The van der Waals surface area contributed by atoms with Crippen LogP contribution >= 0.6 is 0 Å². The molecule has 12 rings (SSSR count). The summed E-state index contributed by atoms with van der Waals surface area (Å²) in [6, 6.07) is 73.4. The van der Waals surface area contributed by atoms with Crippen LogP contribution < -0.4 is 0 Å². The summed E-state index contributed by atoms with van der Waals surface area (Å²) in [6.45, 7) is 0. The van der Waals surface area contributed by atoms with E-state index in [9.17, 15) is 0 Å². The Morgan fingerprint density at radius 2 is 0.930 bits per heavy atom. The van der Waals surface area contributed by atoms with Crippen LogP contribution in [-0.4, -0.2) is 9.97 Å². The predicted molar refractivity (Wildman–Crippen MR) is 238 cm³/mol. The quantitative estimate of drug-likeness (QED) is 0.169. The summed E-state index contributed by atoms with van der Waals surface area (Å²) in [5.74, 6) is 0. The number of fused-ring (bicyclic) bond motifs is 11. The lowest BCUT2D eigenvalue weighted by Gasteiger charge is -2.34. The molecule has 0 saturated carbocycles. The zero-order chi connectivity index (χ0) is 37.5. The van der Waals surface area contributed by atoms with Crippen molar-refractivity contribution in [3.05, 3.63) is 229 Å². The summed E-state index contributed by atoms with van der Waals surface area (Å²) in [6.07, 6.45) is 1.85. The Morgan fingerprint density at radius 1 is 0.351 bits per heavy atom. The van der Waals surface area contributed by atoms with Crippen LogP contribution in [0.1, 0.15) is 22.3 Å². The molecule has 0 bridgehead atoms. The highest BCUT2D eigenvalue weighted by molar-refractivity contribution is 6.22. The normalized spacial score (nSPS) is 13.1. The molecule has 57 heavy (non-hydrogen) atoms. The average Bonchev–Trinajstić information content (AvgIpc) is 3.60. The molecule has 0 amide bonds. The first-order valence-electron chi connectivity index (χ1n) is 19.7. The molecule has 264 valence electrons. The number of benzene rings is 9. The summed E-state index contributed by atoms with van der Waals surface area (Å²) < 4.78 is 0. The van der Waals surface area contributed by atoms with Crippen LogP contribution in [-0.2, 0) is 5.41 Å². The minimum atomic E-state index is -0.451. The van der Waals surface area contributed by atoms with Crippen LogP contribution in [0.4, 0.5) is 0 Å². The lowest BCUT2D eigenvalue weighted by atomic mass is 9.67. The third-order valence-electron chi connectivity index (χ3n) is 12.4. The SMILES string of the molecule is c1ccc(C2(c3ccccc3)c3ccccc3-c3c2ccc2cc(-c4cccc5c(-c6ccc7ccc8cccnc8c7n6)cccc45)c4ccccc4c32)cc1. The van der Waals surface area contributed by atoms with E-state index >= 15 is 0 Å². The van der Waals surface area contributed by atoms with Crippen LogP contribution in [0.3, 0.4) is 0 Å². The molecule has 11 aromatic rings. The molecule has 0 aliphatic heterocycles. The van der Waals surface area contributed by atoms with Gasteiger partial charge >= 0.3 is 0 Å². The minimum Gasteiger partial charge on any atom is -0.254 e.